The van der Waals surface area contributed by atoms with Crippen molar-refractivity contribution in [3.8, 4) is 11.5 Å². The van der Waals surface area contributed by atoms with Gasteiger partial charge in [0.05, 0.1) is 7.11 Å². The summed E-state index contributed by atoms with van der Waals surface area (Å²) in [5.74, 6) is 0.271. The van der Waals surface area contributed by atoms with Crippen molar-refractivity contribution >= 4 is 5.78 Å². The molecule has 114 valence electrons. The number of carbonyl (C=O) groups excluding carboxylic acids is 1. The van der Waals surface area contributed by atoms with Crippen LogP contribution in [0.5, 0.6) is 11.5 Å². The molecule has 1 N–H and O–H groups in total. The first-order chi connectivity index (χ1) is 10.2. The van der Waals surface area contributed by atoms with Gasteiger partial charge in [-0.2, -0.15) is 36.4 Å². The Labute approximate surface area is 140 Å². The Bertz CT molecular complexity index is 653. The van der Waals surface area contributed by atoms with E-state index in [0.29, 0.717) is 11.3 Å². The zero-order valence-corrected chi connectivity index (χ0v) is 13.1. The van der Waals surface area contributed by atoms with Crippen LogP contribution in [0, 0.1) is 0 Å². The van der Waals surface area contributed by atoms with Crippen LogP contribution >= 0.6 is 0 Å². The van der Waals surface area contributed by atoms with Gasteiger partial charge in [-0.1, -0.05) is 6.07 Å². The van der Waals surface area contributed by atoms with Crippen LogP contribution in [0.25, 0.3) is 0 Å². The Balaban J connectivity index is 0.000000344. The van der Waals surface area contributed by atoms with Crippen molar-refractivity contribution in [3.63, 3.8) is 0 Å². The maximum absolute atomic E-state index is 11.9. The first kappa shape index (κ1) is 17.8. The maximum atomic E-state index is 11.9. The molecular formula is C18H16FeO3. The van der Waals surface area contributed by atoms with Crippen LogP contribution < -0.4 is 4.74 Å². The van der Waals surface area contributed by atoms with E-state index in [1.54, 1.807) is 36.4 Å². The minimum absolute atomic E-state index is 0. The fraction of sp³-hybridized carbons (Fsp3) is 0.0556. The normalized spacial score (nSPS) is 9.14. The van der Waals surface area contributed by atoms with E-state index in [0.717, 1.165) is 0 Å². The van der Waals surface area contributed by atoms with Crippen molar-refractivity contribution in [1.29, 1.82) is 0 Å². The fourth-order valence-corrected chi connectivity index (χ4v) is 1.83. The number of methoxy groups -OCH3 is 1. The average molecular weight is 336 g/mol. The molecule has 0 aliphatic heterocycles. The monoisotopic (exact) mass is 336 g/mol. The van der Waals surface area contributed by atoms with Crippen LogP contribution in [0.2, 0.25) is 0 Å². The van der Waals surface area contributed by atoms with Crippen LogP contribution in [0.3, 0.4) is 0 Å². The number of aromatic hydroxyl groups is 1. The van der Waals surface area contributed by atoms with Gasteiger partial charge in [0.25, 0.3) is 0 Å². The number of carbonyl (C=O) groups is 1. The van der Waals surface area contributed by atoms with Crippen molar-refractivity contribution in [2.75, 3.05) is 7.11 Å². The van der Waals surface area contributed by atoms with Gasteiger partial charge in [-0.25, -0.2) is 12.1 Å². The summed E-state index contributed by atoms with van der Waals surface area (Å²) in [7, 11) is 1.51. The summed E-state index contributed by atoms with van der Waals surface area (Å²) < 4.78 is 4.95. The Morgan fingerprint density at radius 1 is 1.09 bits per heavy atom. The SMILES string of the molecule is COc1ccc(C(=O)c2ccc[cH-]2)c(O)c1.[Fe+2].c1cc[cH-]c1. The van der Waals surface area contributed by atoms with Crippen molar-refractivity contribution in [3.05, 3.63) is 83.9 Å². The number of hydrogen-bond donors (Lipinski definition) is 1. The molecule has 3 rings (SSSR count). The van der Waals surface area contributed by atoms with Crippen molar-refractivity contribution in [2.24, 2.45) is 0 Å². The Morgan fingerprint density at radius 2 is 1.82 bits per heavy atom. The molecule has 0 unspecified atom stereocenters. The molecule has 4 heteroatoms. The van der Waals surface area contributed by atoms with E-state index in [1.807, 2.05) is 30.3 Å². The standard InChI is InChI=1S/C13H11O3.C5H5.Fe/c1-16-10-6-7-11(12(14)8-10)13(15)9-4-2-3-5-9;1-2-4-5-3-1;/h2-8,14H,1H3;1-5H;/q2*-1;+2. The summed E-state index contributed by atoms with van der Waals surface area (Å²) in [5.41, 5.74) is 0.854. The second-order valence-electron chi connectivity index (χ2n) is 4.35. The van der Waals surface area contributed by atoms with E-state index >= 15 is 0 Å². The molecule has 0 aliphatic carbocycles. The Hall–Kier alpha value is -2.29. The molecule has 0 aliphatic rings. The van der Waals surface area contributed by atoms with Crippen LogP contribution in [0.15, 0.2) is 72.8 Å². The Kier molecular flexibility index (Phi) is 7.17. The first-order valence-corrected chi connectivity index (χ1v) is 6.52. The Morgan fingerprint density at radius 3 is 2.27 bits per heavy atom. The molecule has 0 saturated carbocycles. The largest absolute Gasteiger partial charge is 2.00 e. The molecule has 0 heterocycles. The number of ketones is 1. The van der Waals surface area contributed by atoms with E-state index in [2.05, 4.69) is 0 Å². The van der Waals surface area contributed by atoms with Gasteiger partial charge < -0.3 is 14.6 Å². The van der Waals surface area contributed by atoms with Crippen LogP contribution in [-0.4, -0.2) is 18.0 Å². The summed E-state index contributed by atoms with van der Waals surface area (Å²) in [4.78, 5) is 11.9. The molecular weight excluding hydrogens is 320 g/mol. The number of phenolic OH excluding ortho intramolecular Hbond substituents is 1. The summed E-state index contributed by atoms with van der Waals surface area (Å²) >= 11 is 0. The van der Waals surface area contributed by atoms with Gasteiger partial charge in [0, 0.05) is 11.6 Å². The van der Waals surface area contributed by atoms with E-state index in [-0.39, 0.29) is 34.2 Å². The second-order valence-corrected chi connectivity index (χ2v) is 4.35. The zero-order valence-electron chi connectivity index (χ0n) is 12.0. The molecule has 3 aromatic rings. The molecule has 3 aromatic carbocycles. The minimum Gasteiger partial charge on any atom is -0.508 e. The van der Waals surface area contributed by atoms with Gasteiger partial charge >= 0.3 is 17.1 Å². The molecule has 0 amide bonds. The number of ether oxygens (including phenoxy) is 1. The summed E-state index contributed by atoms with van der Waals surface area (Å²) in [6.07, 6.45) is 0. The van der Waals surface area contributed by atoms with Crippen molar-refractivity contribution < 1.29 is 31.7 Å². The van der Waals surface area contributed by atoms with E-state index in [1.165, 1.54) is 13.2 Å². The van der Waals surface area contributed by atoms with E-state index < -0.39 is 0 Å². The molecule has 0 spiro atoms. The number of rotatable bonds is 3. The number of benzene rings is 1. The molecule has 0 aromatic heterocycles. The van der Waals surface area contributed by atoms with Gasteiger partial charge in [-0.05, 0) is 6.07 Å². The van der Waals surface area contributed by atoms with Crippen molar-refractivity contribution in [1.82, 2.24) is 0 Å². The summed E-state index contributed by atoms with van der Waals surface area (Å²) in [5, 5.41) is 9.69. The number of hydrogen-bond acceptors (Lipinski definition) is 3. The van der Waals surface area contributed by atoms with Gasteiger partial charge in [0.15, 0.2) is 0 Å². The van der Waals surface area contributed by atoms with E-state index in [4.69, 9.17) is 4.74 Å². The molecule has 22 heavy (non-hydrogen) atoms. The molecule has 0 radical (unpaired) electrons. The van der Waals surface area contributed by atoms with Crippen LogP contribution in [-0.2, 0) is 17.1 Å². The van der Waals surface area contributed by atoms with Gasteiger partial charge in [-0.3, -0.25) is 0 Å². The molecule has 0 fully saturated rings. The minimum atomic E-state index is -0.190. The maximum Gasteiger partial charge on any atom is 2.00 e. The predicted octanol–water partition coefficient (Wildman–Crippen LogP) is 3.75. The zero-order chi connectivity index (χ0) is 15.1. The molecule has 3 nitrogen and oxygen atoms in total. The van der Waals surface area contributed by atoms with Crippen LogP contribution in [0.1, 0.15) is 15.9 Å². The summed E-state index contributed by atoms with van der Waals surface area (Å²) in [6.45, 7) is 0. The fourth-order valence-electron chi connectivity index (χ4n) is 1.83. The smallest absolute Gasteiger partial charge is 0.508 e. The van der Waals surface area contributed by atoms with Gasteiger partial charge in [-0.15, -0.1) is 11.6 Å². The molecule has 0 saturated heterocycles. The van der Waals surface area contributed by atoms with E-state index in [9.17, 15) is 9.90 Å². The van der Waals surface area contributed by atoms with Crippen molar-refractivity contribution in [2.45, 2.75) is 0 Å². The van der Waals surface area contributed by atoms with Gasteiger partial charge in [0.2, 0.25) is 0 Å². The number of phenols is 1. The predicted molar refractivity (Wildman–Crippen MR) is 82.2 cm³/mol. The van der Waals surface area contributed by atoms with Gasteiger partial charge in [0.1, 0.15) is 17.3 Å². The first-order valence-electron chi connectivity index (χ1n) is 6.52. The third kappa shape index (κ3) is 4.62. The van der Waals surface area contributed by atoms with Crippen LogP contribution in [0.4, 0.5) is 0 Å². The topological polar surface area (TPSA) is 46.5 Å². The second kappa shape index (κ2) is 8.88. The summed E-state index contributed by atoms with van der Waals surface area (Å²) in [6, 6.07) is 21.6. The average Bonchev–Trinajstić information content (AvgIpc) is 3.21. The third-order valence-electron chi connectivity index (χ3n) is 2.93. The third-order valence-corrected chi connectivity index (χ3v) is 2.93. The molecule has 0 bridgehead atoms. The quantitative estimate of drug-likeness (QED) is 0.450. The molecule has 0 atom stereocenters.